The maximum Gasteiger partial charge on any atom is 0.261 e. The Bertz CT molecular complexity index is 874. The Hall–Kier alpha value is -2.44. The predicted octanol–water partition coefficient (Wildman–Crippen LogP) is 4.71. The number of hydrogen-bond acceptors (Lipinski definition) is 4. The number of methoxy groups -OCH3 is 1. The van der Waals surface area contributed by atoms with Crippen molar-refractivity contribution >= 4 is 35.0 Å². The van der Waals surface area contributed by atoms with Crippen molar-refractivity contribution in [2.75, 3.05) is 20.3 Å². The summed E-state index contributed by atoms with van der Waals surface area (Å²) >= 11 is 12.1. The number of amides is 2. The van der Waals surface area contributed by atoms with Crippen molar-refractivity contribution in [2.45, 2.75) is 39.3 Å². The van der Waals surface area contributed by atoms with Crippen molar-refractivity contribution < 1.29 is 19.1 Å². The molecule has 0 heterocycles. The summed E-state index contributed by atoms with van der Waals surface area (Å²) in [6.07, 6.45) is 1.27. The summed E-state index contributed by atoms with van der Waals surface area (Å²) in [5.74, 6) is 0.730. The number of hydrogen-bond donors (Lipinski definition) is 1. The summed E-state index contributed by atoms with van der Waals surface area (Å²) in [5, 5.41) is 3.70. The molecular weight excluding hydrogens is 439 g/mol. The van der Waals surface area contributed by atoms with Gasteiger partial charge >= 0.3 is 0 Å². The van der Waals surface area contributed by atoms with E-state index in [0.717, 1.165) is 12.0 Å². The second-order valence-electron chi connectivity index (χ2n) is 6.95. The minimum atomic E-state index is -0.632. The molecule has 2 aromatic rings. The maximum atomic E-state index is 13.1. The van der Waals surface area contributed by atoms with Gasteiger partial charge in [0.05, 0.1) is 17.2 Å². The van der Waals surface area contributed by atoms with E-state index >= 15 is 0 Å². The predicted molar refractivity (Wildman–Crippen MR) is 123 cm³/mol. The number of halogens is 2. The Balaban J connectivity index is 2.19. The Morgan fingerprint density at radius 2 is 1.71 bits per heavy atom. The average Bonchev–Trinajstić information content (AvgIpc) is 2.78. The Kier molecular flexibility index (Phi) is 9.95. The van der Waals surface area contributed by atoms with Crippen LogP contribution in [0.15, 0.2) is 42.5 Å². The Labute approximate surface area is 193 Å². The SMILES string of the molecule is CCCNC(=O)[C@@H](CC)N(Cc1ccc(Cl)c(Cl)c1)C(=O)COc1ccc(OC)cc1. The first-order valence-corrected chi connectivity index (χ1v) is 10.9. The number of nitrogens with one attached hydrogen (secondary N) is 1. The molecule has 31 heavy (non-hydrogen) atoms. The van der Waals surface area contributed by atoms with Gasteiger partial charge in [-0.3, -0.25) is 9.59 Å². The van der Waals surface area contributed by atoms with Gasteiger partial charge in [-0.1, -0.05) is 43.1 Å². The molecule has 168 valence electrons. The monoisotopic (exact) mass is 466 g/mol. The maximum absolute atomic E-state index is 13.1. The smallest absolute Gasteiger partial charge is 0.261 e. The van der Waals surface area contributed by atoms with Crippen LogP contribution in [0.2, 0.25) is 10.0 Å². The van der Waals surface area contributed by atoms with Crippen molar-refractivity contribution in [1.29, 1.82) is 0 Å². The lowest BCUT2D eigenvalue weighted by molar-refractivity contribution is -0.143. The van der Waals surface area contributed by atoms with Crippen molar-refractivity contribution in [2.24, 2.45) is 0 Å². The highest BCUT2D eigenvalue weighted by Gasteiger charge is 2.28. The van der Waals surface area contributed by atoms with Crippen LogP contribution in [-0.2, 0) is 16.1 Å². The molecule has 6 nitrogen and oxygen atoms in total. The summed E-state index contributed by atoms with van der Waals surface area (Å²) < 4.78 is 10.8. The van der Waals surface area contributed by atoms with E-state index in [-0.39, 0.29) is 25.0 Å². The van der Waals surface area contributed by atoms with E-state index in [1.165, 1.54) is 4.90 Å². The molecule has 0 aromatic heterocycles. The van der Waals surface area contributed by atoms with E-state index in [0.29, 0.717) is 34.5 Å². The topological polar surface area (TPSA) is 67.9 Å². The molecule has 0 saturated carbocycles. The largest absolute Gasteiger partial charge is 0.497 e. The minimum absolute atomic E-state index is 0.192. The molecule has 8 heteroatoms. The molecule has 0 radical (unpaired) electrons. The molecule has 0 saturated heterocycles. The molecule has 0 bridgehead atoms. The Morgan fingerprint density at radius 3 is 2.29 bits per heavy atom. The molecule has 1 N–H and O–H groups in total. The van der Waals surface area contributed by atoms with Crippen molar-refractivity contribution in [3.63, 3.8) is 0 Å². The molecule has 0 aliphatic heterocycles. The van der Waals surface area contributed by atoms with Crippen LogP contribution in [0.3, 0.4) is 0 Å². The third-order valence-corrected chi connectivity index (χ3v) is 5.43. The van der Waals surface area contributed by atoms with Crippen LogP contribution in [0.5, 0.6) is 11.5 Å². The van der Waals surface area contributed by atoms with E-state index in [1.807, 2.05) is 13.8 Å². The van der Waals surface area contributed by atoms with Gasteiger partial charge in [0.1, 0.15) is 17.5 Å². The van der Waals surface area contributed by atoms with Gasteiger partial charge in [0, 0.05) is 13.1 Å². The van der Waals surface area contributed by atoms with Crippen LogP contribution in [0, 0.1) is 0 Å². The lowest BCUT2D eigenvalue weighted by atomic mass is 10.1. The van der Waals surface area contributed by atoms with Crippen LogP contribution in [0.4, 0.5) is 0 Å². The molecule has 0 aliphatic rings. The van der Waals surface area contributed by atoms with Gasteiger partial charge in [-0.05, 0) is 54.8 Å². The van der Waals surface area contributed by atoms with E-state index in [4.69, 9.17) is 32.7 Å². The van der Waals surface area contributed by atoms with Crippen molar-refractivity contribution in [1.82, 2.24) is 10.2 Å². The highest BCUT2D eigenvalue weighted by Crippen LogP contribution is 2.24. The zero-order valence-corrected chi connectivity index (χ0v) is 19.5. The highest BCUT2D eigenvalue weighted by molar-refractivity contribution is 6.42. The number of carbonyl (C=O) groups is 2. The van der Waals surface area contributed by atoms with Crippen LogP contribution in [-0.4, -0.2) is 43.0 Å². The normalized spacial score (nSPS) is 11.5. The van der Waals surface area contributed by atoms with E-state index in [1.54, 1.807) is 49.6 Å². The second kappa shape index (κ2) is 12.4. The third-order valence-electron chi connectivity index (χ3n) is 4.69. The fourth-order valence-corrected chi connectivity index (χ4v) is 3.34. The lowest BCUT2D eigenvalue weighted by Crippen LogP contribution is -2.50. The number of ether oxygens (including phenoxy) is 2. The summed E-state index contributed by atoms with van der Waals surface area (Å²) in [7, 11) is 1.58. The quantitative estimate of drug-likeness (QED) is 0.520. The number of nitrogens with zero attached hydrogens (tertiary/aromatic N) is 1. The van der Waals surface area contributed by atoms with Gasteiger partial charge in [-0.2, -0.15) is 0 Å². The number of rotatable bonds is 11. The molecule has 2 aromatic carbocycles. The first-order chi connectivity index (χ1) is 14.9. The van der Waals surface area contributed by atoms with Gasteiger partial charge < -0.3 is 19.7 Å². The van der Waals surface area contributed by atoms with Crippen LogP contribution < -0.4 is 14.8 Å². The van der Waals surface area contributed by atoms with E-state index in [9.17, 15) is 9.59 Å². The fourth-order valence-electron chi connectivity index (χ4n) is 3.02. The van der Waals surface area contributed by atoms with E-state index < -0.39 is 6.04 Å². The van der Waals surface area contributed by atoms with Crippen molar-refractivity contribution in [3.05, 3.63) is 58.1 Å². The Morgan fingerprint density at radius 1 is 1.03 bits per heavy atom. The zero-order valence-electron chi connectivity index (χ0n) is 18.0. The van der Waals surface area contributed by atoms with Crippen molar-refractivity contribution in [3.8, 4) is 11.5 Å². The van der Waals surface area contributed by atoms with E-state index in [2.05, 4.69) is 5.32 Å². The summed E-state index contributed by atoms with van der Waals surface area (Å²) in [6, 6.07) is 11.5. The number of carbonyl (C=O) groups excluding carboxylic acids is 2. The van der Waals surface area contributed by atoms with Gasteiger partial charge in [0.2, 0.25) is 5.91 Å². The van der Waals surface area contributed by atoms with Gasteiger partial charge in [0.25, 0.3) is 5.91 Å². The summed E-state index contributed by atoms with van der Waals surface area (Å²) in [4.78, 5) is 27.4. The first-order valence-electron chi connectivity index (χ1n) is 10.2. The molecule has 0 spiro atoms. The molecular formula is C23H28Cl2N2O4. The summed E-state index contributed by atoms with van der Waals surface area (Å²) in [6.45, 7) is 4.40. The highest BCUT2D eigenvalue weighted by atomic mass is 35.5. The second-order valence-corrected chi connectivity index (χ2v) is 7.76. The fraction of sp³-hybridized carbons (Fsp3) is 0.391. The first kappa shape index (κ1) is 24.8. The summed E-state index contributed by atoms with van der Waals surface area (Å²) in [5.41, 5.74) is 0.772. The lowest BCUT2D eigenvalue weighted by Gasteiger charge is -2.30. The standard InChI is InChI=1S/C23H28Cl2N2O4/c1-4-12-26-23(29)21(5-2)27(14-16-6-11-19(24)20(25)13-16)22(28)15-31-18-9-7-17(30-3)8-10-18/h6-11,13,21H,4-5,12,14-15H2,1-3H3,(H,26,29)/t21-/m1/s1. The van der Waals surface area contributed by atoms with Gasteiger partial charge in [0.15, 0.2) is 6.61 Å². The molecule has 0 aliphatic carbocycles. The van der Waals surface area contributed by atoms with Crippen LogP contribution in [0.1, 0.15) is 32.3 Å². The third kappa shape index (κ3) is 7.33. The molecule has 1 atom stereocenters. The molecule has 2 rings (SSSR count). The van der Waals surface area contributed by atoms with Gasteiger partial charge in [-0.15, -0.1) is 0 Å². The minimum Gasteiger partial charge on any atom is -0.497 e. The molecule has 0 unspecified atom stereocenters. The van der Waals surface area contributed by atoms with Crippen LogP contribution >= 0.6 is 23.2 Å². The molecule has 0 fully saturated rings. The zero-order chi connectivity index (χ0) is 22.8. The number of benzene rings is 2. The van der Waals surface area contributed by atoms with Crippen LogP contribution in [0.25, 0.3) is 0 Å². The molecule has 2 amide bonds. The van der Waals surface area contributed by atoms with Gasteiger partial charge in [-0.25, -0.2) is 0 Å². The average molecular weight is 467 g/mol.